The molecule has 0 radical (unpaired) electrons. The molecule has 0 aromatic carbocycles. The molecule has 0 fully saturated rings. The third kappa shape index (κ3) is 1.77. The molecule has 50 valence electrons. The molecule has 0 amide bonds. The molecule has 0 bridgehead atoms. The molecular formula is C6H9NOS. The molecular weight excluding hydrogens is 134 g/mol. The summed E-state index contributed by atoms with van der Waals surface area (Å²) in [6.07, 6.45) is 2.02. The van der Waals surface area contributed by atoms with Gasteiger partial charge >= 0.3 is 0 Å². The summed E-state index contributed by atoms with van der Waals surface area (Å²) in [5.74, 6) is 0. The molecule has 3 heteroatoms. The summed E-state index contributed by atoms with van der Waals surface area (Å²) < 4.78 is 14.4. The Bertz CT molecular complexity index is 185. The quantitative estimate of drug-likeness (QED) is 0.591. The van der Waals surface area contributed by atoms with E-state index in [1.807, 2.05) is 6.07 Å². The van der Waals surface area contributed by atoms with E-state index in [2.05, 4.69) is 11.3 Å². The molecule has 1 heterocycles. The van der Waals surface area contributed by atoms with Crippen molar-refractivity contribution >= 4 is 10.9 Å². The third-order valence-corrected chi connectivity index (χ3v) is 1.87. The van der Waals surface area contributed by atoms with Crippen molar-refractivity contribution in [3.8, 4) is 0 Å². The maximum atomic E-state index is 10.6. The summed E-state index contributed by atoms with van der Waals surface area (Å²) in [5, 5.41) is 1.62. The molecule has 0 saturated heterocycles. The monoisotopic (exact) mass is 143 g/mol. The summed E-state index contributed by atoms with van der Waals surface area (Å²) in [6.45, 7) is 2.08. The molecule has 0 aliphatic heterocycles. The summed E-state index contributed by atoms with van der Waals surface area (Å²) in [5.41, 5.74) is 0.968. The highest BCUT2D eigenvalue weighted by Crippen LogP contribution is 2.10. The van der Waals surface area contributed by atoms with Crippen LogP contribution in [0.3, 0.4) is 0 Å². The predicted octanol–water partition coefficient (Wildman–Crippen LogP) is 1.76. The molecule has 0 saturated carbocycles. The Kier molecular flexibility index (Phi) is 2.19. The Balaban J connectivity index is 2.61. The Hall–Kier alpha value is -0.410. The molecule has 2 nitrogen and oxygen atoms in total. The first-order chi connectivity index (χ1) is 4.33. The fourth-order valence-corrected chi connectivity index (χ4v) is 1.42. The van der Waals surface area contributed by atoms with Gasteiger partial charge in [-0.25, -0.2) is 0 Å². The molecule has 9 heavy (non-hydrogen) atoms. The van der Waals surface area contributed by atoms with Crippen LogP contribution in [0.5, 0.6) is 0 Å². The van der Waals surface area contributed by atoms with Gasteiger partial charge in [-0.3, -0.25) is 0 Å². The number of aryl methyl sites for hydroxylation is 1. The summed E-state index contributed by atoms with van der Waals surface area (Å²) >= 11 is 0. The fraction of sp³-hybridized carbons (Fsp3) is 0.500. The van der Waals surface area contributed by atoms with Crippen LogP contribution >= 0.6 is 10.9 Å². The summed E-state index contributed by atoms with van der Waals surface area (Å²) in [6, 6.07) is 1.83. The van der Waals surface area contributed by atoms with Crippen molar-refractivity contribution in [1.82, 2.24) is 4.37 Å². The molecule has 1 aromatic heterocycles. The van der Waals surface area contributed by atoms with Crippen molar-refractivity contribution in [3.63, 3.8) is 0 Å². The Morgan fingerprint density at radius 2 is 2.56 bits per heavy atom. The van der Waals surface area contributed by atoms with Crippen molar-refractivity contribution in [2.45, 2.75) is 19.8 Å². The lowest BCUT2D eigenvalue weighted by molar-refractivity contribution is 0.591. The van der Waals surface area contributed by atoms with E-state index in [0.29, 0.717) is 0 Å². The van der Waals surface area contributed by atoms with Gasteiger partial charge in [-0.2, -0.15) is 0 Å². The van der Waals surface area contributed by atoms with Gasteiger partial charge in [-0.05, 0) is 10.8 Å². The second-order valence-electron chi connectivity index (χ2n) is 1.91. The van der Waals surface area contributed by atoms with Crippen LogP contribution in [0.25, 0.3) is 0 Å². The number of rotatable bonds is 2. The second-order valence-corrected chi connectivity index (χ2v) is 2.92. The summed E-state index contributed by atoms with van der Waals surface area (Å²) in [4.78, 5) is 0. The number of hydrogen-bond donors (Lipinski definition) is 0. The van der Waals surface area contributed by atoms with Crippen LogP contribution in [0, 0.1) is 0 Å². The zero-order valence-corrected chi connectivity index (χ0v) is 6.15. The number of aromatic nitrogens is 1. The van der Waals surface area contributed by atoms with Crippen molar-refractivity contribution in [2.75, 3.05) is 0 Å². The van der Waals surface area contributed by atoms with E-state index < -0.39 is 10.9 Å². The largest absolute Gasteiger partial charge is 0.569 e. The highest BCUT2D eigenvalue weighted by molar-refractivity contribution is 7.17. The van der Waals surface area contributed by atoms with E-state index in [9.17, 15) is 4.55 Å². The van der Waals surface area contributed by atoms with E-state index in [1.54, 1.807) is 5.38 Å². The van der Waals surface area contributed by atoms with Gasteiger partial charge in [0.2, 0.25) is 0 Å². The van der Waals surface area contributed by atoms with Gasteiger partial charge in [-0.1, -0.05) is 13.3 Å². The molecule has 0 aliphatic rings. The minimum atomic E-state index is -1.05. The minimum absolute atomic E-state index is 0.947. The van der Waals surface area contributed by atoms with Crippen LogP contribution in [0.1, 0.15) is 19.0 Å². The van der Waals surface area contributed by atoms with Gasteiger partial charge in [0, 0.05) is 6.07 Å². The van der Waals surface area contributed by atoms with Gasteiger partial charge in [0.05, 0.1) is 10.9 Å². The van der Waals surface area contributed by atoms with Crippen LogP contribution < -0.4 is 0 Å². The topological polar surface area (TPSA) is 36.0 Å². The predicted molar refractivity (Wildman–Crippen MR) is 36.9 cm³/mol. The molecule has 1 rings (SSSR count). The van der Waals surface area contributed by atoms with Crippen molar-refractivity contribution in [3.05, 3.63) is 17.1 Å². The first-order valence-corrected chi connectivity index (χ1v) is 4.16. The maximum absolute atomic E-state index is 10.6. The standard InChI is InChI=1S/C6H9NOS/c1-2-3-6-4-5-9(8)7-6/h4-5H,2-3H2,1H3. The van der Waals surface area contributed by atoms with E-state index >= 15 is 0 Å². The van der Waals surface area contributed by atoms with Crippen molar-refractivity contribution in [1.29, 1.82) is 0 Å². The summed E-state index contributed by atoms with van der Waals surface area (Å²) in [7, 11) is -1.05. The van der Waals surface area contributed by atoms with Crippen LogP contribution in [0.2, 0.25) is 0 Å². The second kappa shape index (κ2) is 2.94. The van der Waals surface area contributed by atoms with Gasteiger partial charge < -0.3 is 4.55 Å². The fourth-order valence-electron chi connectivity index (χ4n) is 0.698. The van der Waals surface area contributed by atoms with Gasteiger partial charge in [0.15, 0.2) is 5.38 Å². The Morgan fingerprint density at radius 1 is 1.78 bits per heavy atom. The Morgan fingerprint density at radius 3 is 3.00 bits per heavy atom. The van der Waals surface area contributed by atoms with E-state index in [4.69, 9.17) is 0 Å². The molecule has 0 aliphatic carbocycles. The smallest absolute Gasteiger partial charge is 0.163 e. The van der Waals surface area contributed by atoms with Gasteiger partial charge in [-0.15, -0.1) is 0 Å². The highest BCUT2D eigenvalue weighted by Gasteiger charge is 1.98. The Labute approximate surface area is 57.5 Å². The molecule has 0 N–H and O–H groups in total. The normalized spacial score (nSPS) is 12.0. The first-order valence-electron chi connectivity index (χ1n) is 2.99. The van der Waals surface area contributed by atoms with Gasteiger partial charge in [0.1, 0.15) is 5.69 Å². The third-order valence-electron chi connectivity index (χ3n) is 1.09. The molecule has 1 atom stereocenters. The molecule has 1 aromatic rings. The number of nitrogens with zero attached hydrogens (tertiary/aromatic N) is 1. The zero-order chi connectivity index (χ0) is 6.69. The highest BCUT2D eigenvalue weighted by atomic mass is 32.2. The minimum Gasteiger partial charge on any atom is -0.569 e. The number of hydrogen-bond acceptors (Lipinski definition) is 2. The van der Waals surface area contributed by atoms with E-state index in [1.165, 1.54) is 0 Å². The van der Waals surface area contributed by atoms with Crippen LogP contribution in [0.4, 0.5) is 0 Å². The average molecular weight is 143 g/mol. The van der Waals surface area contributed by atoms with Crippen LogP contribution in [-0.4, -0.2) is 8.93 Å². The lowest BCUT2D eigenvalue weighted by Crippen LogP contribution is -1.79. The van der Waals surface area contributed by atoms with Crippen molar-refractivity contribution < 1.29 is 4.55 Å². The lowest BCUT2D eigenvalue weighted by Gasteiger charge is -1.83. The van der Waals surface area contributed by atoms with E-state index in [0.717, 1.165) is 18.5 Å². The van der Waals surface area contributed by atoms with Crippen molar-refractivity contribution in [2.24, 2.45) is 0 Å². The van der Waals surface area contributed by atoms with Crippen LogP contribution in [0.15, 0.2) is 11.4 Å². The maximum Gasteiger partial charge on any atom is 0.163 e. The lowest BCUT2D eigenvalue weighted by atomic mass is 10.3. The molecule has 1 unspecified atom stereocenters. The van der Waals surface area contributed by atoms with Gasteiger partial charge in [0.25, 0.3) is 0 Å². The zero-order valence-electron chi connectivity index (χ0n) is 5.33. The SMILES string of the molecule is CCCc1cc[s+]([O-])n1. The average Bonchev–Trinajstić information content (AvgIpc) is 2.17. The molecule has 0 spiro atoms. The van der Waals surface area contributed by atoms with E-state index in [-0.39, 0.29) is 0 Å². The van der Waals surface area contributed by atoms with Crippen LogP contribution in [-0.2, 0) is 6.42 Å². The first kappa shape index (κ1) is 6.71.